The van der Waals surface area contributed by atoms with Gasteiger partial charge in [0.2, 0.25) is 0 Å². The first kappa shape index (κ1) is 13.7. The third kappa shape index (κ3) is 3.56. The fourth-order valence-corrected chi connectivity index (χ4v) is 3.23. The topological polar surface area (TPSA) is 38.9 Å². The van der Waals surface area contributed by atoms with E-state index >= 15 is 0 Å². The molecule has 0 aliphatic carbocycles. The van der Waals surface area contributed by atoms with Crippen LogP contribution in [0.15, 0.2) is 5.38 Å². The molecule has 2 nitrogen and oxygen atoms in total. The Bertz CT molecular complexity index is 318. The third-order valence-electron chi connectivity index (χ3n) is 2.59. The maximum atomic E-state index is 6.58. The molecule has 1 aromatic rings. The quantitative estimate of drug-likeness (QED) is 0.852. The van der Waals surface area contributed by atoms with E-state index in [0.29, 0.717) is 11.8 Å². The Balaban J connectivity index is 2.94. The molecule has 0 fully saturated rings. The Morgan fingerprint density at radius 3 is 2.06 bits per heavy atom. The molecule has 0 aliphatic rings. The largest absolute Gasteiger partial charge is 0.319 e. The zero-order valence-electron chi connectivity index (χ0n) is 11.1. The number of hydrogen-bond donors (Lipinski definition) is 1. The van der Waals surface area contributed by atoms with Crippen molar-refractivity contribution < 1.29 is 0 Å². The minimum atomic E-state index is -0.235. The predicted molar refractivity (Wildman–Crippen MR) is 71.6 cm³/mol. The standard InChI is InChI=1S/C13H24N2S/c1-9(2)6-13(14,7-10(3)4)12-15-11(5)8-16-12/h8-10H,6-7,14H2,1-5H3. The Labute approximate surface area is 103 Å². The molecule has 16 heavy (non-hydrogen) atoms. The number of hydrogen-bond acceptors (Lipinski definition) is 3. The molecular formula is C13H24N2S. The van der Waals surface area contributed by atoms with Crippen molar-refractivity contribution in [3.05, 3.63) is 16.1 Å². The van der Waals surface area contributed by atoms with E-state index in [2.05, 4.69) is 38.1 Å². The summed E-state index contributed by atoms with van der Waals surface area (Å²) in [6.07, 6.45) is 2.02. The molecule has 1 rings (SSSR count). The lowest BCUT2D eigenvalue weighted by Gasteiger charge is -2.31. The summed E-state index contributed by atoms with van der Waals surface area (Å²) in [5.41, 5.74) is 7.43. The highest BCUT2D eigenvalue weighted by atomic mass is 32.1. The van der Waals surface area contributed by atoms with E-state index in [9.17, 15) is 0 Å². The molecule has 0 aliphatic heterocycles. The number of nitrogens with zero attached hydrogens (tertiary/aromatic N) is 1. The zero-order chi connectivity index (χ0) is 12.3. The molecule has 0 aromatic carbocycles. The van der Waals surface area contributed by atoms with E-state index in [0.717, 1.165) is 23.5 Å². The van der Waals surface area contributed by atoms with Crippen LogP contribution in [0, 0.1) is 18.8 Å². The SMILES string of the molecule is Cc1csc(C(N)(CC(C)C)CC(C)C)n1. The lowest BCUT2D eigenvalue weighted by atomic mass is 9.83. The lowest BCUT2D eigenvalue weighted by Crippen LogP contribution is -2.39. The lowest BCUT2D eigenvalue weighted by molar-refractivity contribution is 0.288. The minimum absolute atomic E-state index is 0.235. The highest BCUT2D eigenvalue weighted by molar-refractivity contribution is 7.09. The van der Waals surface area contributed by atoms with Crippen LogP contribution in [0.5, 0.6) is 0 Å². The monoisotopic (exact) mass is 240 g/mol. The van der Waals surface area contributed by atoms with Gasteiger partial charge < -0.3 is 5.73 Å². The molecule has 92 valence electrons. The van der Waals surface area contributed by atoms with Gasteiger partial charge in [0.15, 0.2) is 0 Å². The van der Waals surface area contributed by atoms with E-state index in [1.807, 2.05) is 6.92 Å². The van der Waals surface area contributed by atoms with Crippen molar-refractivity contribution in [1.82, 2.24) is 4.98 Å². The van der Waals surface area contributed by atoms with E-state index in [-0.39, 0.29) is 5.54 Å². The molecule has 2 N–H and O–H groups in total. The molecule has 1 aromatic heterocycles. The van der Waals surface area contributed by atoms with Gasteiger partial charge in [-0.2, -0.15) is 0 Å². The Morgan fingerprint density at radius 2 is 1.75 bits per heavy atom. The summed E-state index contributed by atoms with van der Waals surface area (Å²) in [4.78, 5) is 4.58. The van der Waals surface area contributed by atoms with Gasteiger partial charge in [-0.15, -0.1) is 11.3 Å². The Morgan fingerprint density at radius 1 is 1.25 bits per heavy atom. The van der Waals surface area contributed by atoms with Gasteiger partial charge in [-0.1, -0.05) is 27.7 Å². The highest BCUT2D eigenvalue weighted by Crippen LogP contribution is 2.34. The fraction of sp³-hybridized carbons (Fsp3) is 0.769. The van der Waals surface area contributed by atoms with Crippen LogP contribution in [0.3, 0.4) is 0 Å². The average molecular weight is 240 g/mol. The van der Waals surface area contributed by atoms with Gasteiger partial charge in [-0.05, 0) is 31.6 Å². The molecule has 0 unspecified atom stereocenters. The summed E-state index contributed by atoms with van der Waals surface area (Å²) in [6, 6.07) is 0. The van der Waals surface area contributed by atoms with E-state index in [4.69, 9.17) is 5.73 Å². The molecule has 0 spiro atoms. The minimum Gasteiger partial charge on any atom is -0.319 e. The maximum Gasteiger partial charge on any atom is 0.113 e. The summed E-state index contributed by atoms with van der Waals surface area (Å²) in [6.45, 7) is 10.9. The van der Waals surface area contributed by atoms with Gasteiger partial charge in [0, 0.05) is 11.1 Å². The summed E-state index contributed by atoms with van der Waals surface area (Å²) in [5.74, 6) is 1.21. The van der Waals surface area contributed by atoms with Crippen molar-refractivity contribution in [2.45, 2.75) is 53.0 Å². The van der Waals surface area contributed by atoms with Gasteiger partial charge in [0.05, 0.1) is 5.54 Å². The van der Waals surface area contributed by atoms with Crippen molar-refractivity contribution in [3.8, 4) is 0 Å². The van der Waals surface area contributed by atoms with Gasteiger partial charge in [-0.3, -0.25) is 0 Å². The predicted octanol–water partition coefficient (Wildman–Crippen LogP) is 3.70. The van der Waals surface area contributed by atoms with E-state index in [1.165, 1.54) is 0 Å². The third-order valence-corrected chi connectivity index (χ3v) is 3.77. The number of aromatic nitrogens is 1. The number of nitrogens with two attached hydrogens (primary N) is 1. The van der Waals surface area contributed by atoms with Crippen molar-refractivity contribution in [3.63, 3.8) is 0 Å². The molecule has 0 amide bonds. The molecule has 0 atom stereocenters. The van der Waals surface area contributed by atoms with Crippen LogP contribution in [-0.4, -0.2) is 4.98 Å². The molecular weight excluding hydrogens is 216 g/mol. The van der Waals surface area contributed by atoms with Crippen LogP contribution in [-0.2, 0) is 5.54 Å². The second-order valence-corrected chi connectivity index (χ2v) is 6.50. The first-order valence-corrected chi connectivity index (χ1v) is 6.93. The van der Waals surface area contributed by atoms with E-state index < -0.39 is 0 Å². The van der Waals surface area contributed by atoms with E-state index in [1.54, 1.807) is 11.3 Å². The molecule has 1 heterocycles. The van der Waals surface area contributed by atoms with Gasteiger partial charge in [0.25, 0.3) is 0 Å². The molecule has 0 saturated heterocycles. The normalized spacial score (nSPS) is 12.8. The van der Waals surface area contributed by atoms with Crippen LogP contribution in [0.4, 0.5) is 0 Å². The van der Waals surface area contributed by atoms with Gasteiger partial charge in [-0.25, -0.2) is 4.98 Å². The van der Waals surface area contributed by atoms with Gasteiger partial charge >= 0.3 is 0 Å². The summed E-state index contributed by atoms with van der Waals surface area (Å²) in [7, 11) is 0. The number of aryl methyl sites for hydroxylation is 1. The molecule has 0 saturated carbocycles. The number of thiazole rings is 1. The van der Waals surface area contributed by atoms with Crippen LogP contribution in [0.25, 0.3) is 0 Å². The Hall–Kier alpha value is -0.410. The summed E-state index contributed by atoms with van der Waals surface area (Å²) < 4.78 is 0. The second-order valence-electron chi connectivity index (χ2n) is 5.65. The summed E-state index contributed by atoms with van der Waals surface area (Å²) >= 11 is 1.70. The first-order chi connectivity index (χ1) is 7.33. The van der Waals surface area contributed by atoms with Crippen LogP contribution < -0.4 is 5.73 Å². The second kappa shape index (κ2) is 5.28. The average Bonchev–Trinajstić information content (AvgIpc) is 2.48. The van der Waals surface area contributed by atoms with Gasteiger partial charge in [0.1, 0.15) is 5.01 Å². The molecule has 0 bridgehead atoms. The Kier molecular flexibility index (Phi) is 4.51. The number of rotatable bonds is 5. The molecule has 0 radical (unpaired) electrons. The maximum absolute atomic E-state index is 6.58. The zero-order valence-corrected chi connectivity index (χ0v) is 11.9. The van der Waals surface area contributed by atoms with Crippen molar-refractivity contribution in [1.29, 1.82) is 0 Å². The fourth-order valence-electron chi connectivity index (χ4n) is 2.30. The van der Waals surface area contributed by atoms with Crippen molar-refractivity contribution in [2.75, 3.05) is 0 Å². The van der Waals surface area contributed by atoms with Crippen LogP contribution in [0.2, 0.25) is 0 Å². The highest BCUT2D eigenvalue weighted by Gasteiger charge is 2.32. The van der Waals surface area contributed by atoms with Crippen LogP contribution in [0.1, 0.15) is 51.2 Å². The van der Waals surface area contributed by atoms with Crippen molar-refractivity contribution in [2.24, 2.45) is 17.6 Å². The smallest absolute Gasteiger partial charge is 0.113 e. The van der Waals surface area contributed by atoms with Crippen molar-refractivity contribution >= 4 is 11.3 Å². The summed E-state index contributed by atoms with van der Waals surface area (Å²) in [5, 5.41) is 3.20. The van der Waals surface area contributed by atoms with Crippen LogP contribution >= 0.6 is 11.3 Å². The molecule has 3 heteroatoms. The first-order valence-electron chi connectivity index (χ1n) is 6.05.